The molecule has 1 fully saturated rings. The van der Waals surface area contributed by atoms with Gasteiger partial charge in [0.15, 0.2) is 5.96 Å². The van der Waals surface area contributed by atoms with E-state index in [1.54, 1.807) is 0 Å². The normalized spacial score (nSPS) is 21.5. The summed E-state index contributed by atoms with van der Waals surface area (Å²) in [6.45, 7) is 9.67. The van der Waals surface area contributed by atoms with Crippen LogP contribution in [0.15, 0.2) is 35.3 Å². The summed E-state index contributed by atoms with van der Waals surface area (Å²) < 4.78 is 0. The first-order valence-corrected chi connectivity index (χ1v) is 8.45. The number of nitrogens with one attached hydrogen (secondary N) is 2. The van der Waals surface area contributed by atoms with Crippen molar-refractivity contribution < 1.29 is 0 Å². The fraction of sp³-hybridized carbons (Fsp3) is 0.611. The maximum Gasteiger partial charge on any atom is 0.191 e. The molecule has 0 radical (unpaired) electrons. The molecular formula is C18H31IN4. The molecule has 3 unspecified atom stereocenters. The summed E-state index contributed by atoms with van der Waals surface area (Å²) in [5.41, 5.74) is 1.36. The Bertz CT molecular complexity index is 473. The fourth-order valence-electron chi connectivity index (χ4n) is 2.88. The molecule has 130 valence electrons. The molecule has 1 aromatic carbocycles. The SMILES string of the molecule is CCN(CC)C(CNC(=NC)NC1CC1C)c1ccccc1.I. The van der Waals surface area contributed by atoms with E-state index in [0.29, 0.717) is 12.1 Å². The molecule has 3 atom stereocenters. The molecule has 0 aliphatic heterocycles. The molecule has 0 amide bonds. The smallest absolute Gasteiger partial charge is 0.191 e. The van der Waals surface area contributed by atoms with Crippen molar-refractivity contribution in [2.75, 3.05) is 26.7 Å². The highest BCUT2D eigenvalue weighted by molar-refractivity contribution is 14.0. The lowest BCUT2D eigenvalue weighted by atomic mass is 10.1. The predicted octanol–water partition coefficient (Wildman–Crippen LogP) is 3.26. The van der Waals surface area contributed by atoms with Crippen molar-refractivity contribution in [3.63, 3.8) is 0 Å². The topological polar surface area (TPSA) is 39.7 Å². The van der Waals surface area contributed by atoms with Crippen LogP contribution in [0, 0.1) is 5.92 Å². The maximum absolute atomic E-state index is 4.36. The standard InChI is InChI=1S/C18H30N4.HI/c1-5-22(6-2)17(15-10-8-7-9-11-15)13-20-18(19-4)21-16-12-14(16)3;/h7-11,14,16-17H,5-6,12-13H2,1-4H3,(H2,19,20,21);1H. The second kappa shape index (κ2) is 10.1. The van der Waals surface area contributed by atoms with E-state index in [2.05, 4.69) is 71.6 Å². The average molecular weight is 430 g/mol. The van der Waals surface area contributed by atoms with Gasteiger partial charge >= 0.3 is 0 Å². The Kier molecular flexibility index (Phi) is 8.91. The Morgan fingerprint density at radius 1 is 1.26 bits per heavy atom. The van der Waals surface area contributed by atoms with Crippen LogP contribution >= 0.6 is 24.0 Å². The van der Waals surface area contributed by atoms with Crippen molar-refractivity contribution in [3.05, 3.63) is 35.9 Å². The van der Waals surface area contributed by atoms with E-state index in [4.69, 9.17) is 0 Å². The van der Waals surface area contributed by atoms with Crippen molar-refractivity contribution in [2.24, 2.45) is 10.9 Å². The Labute approximate surface area is 158 Å². The van der Waals surface area contributed by atoms with E-state index in [1.807, 2.05) is 7.05 Å². The number of benzene rings is 1. The molecule has 1 saturated carbocycles. The molecule has 0 heterocycles. The van der Waals surface area contributed by atoms with Crippen molar-refractivity contribution in [1.29, 1.82) is 0 Å². The summed E-state index contributed by atoms with van der Waals surface area (Å²) in [5.74, 6) is 1.69. The van der Waals surface area contributed by atoms with Crippen molar-refractivity contribution in [1.82, 2.24) is 15.5 Å². The predicted molar refractivity (Wildman–Crippen MR) is 110 cm³/mol. The van der Waals surface area contributed by atoms with Crippen LogP contribution in [-0.2, 0) is 0 Å². The molecule has 0 saturated heterocycles. The number of rotatable bonds is 7. The van der Waals surface area contributed by atoms with E-state index in [1.165, 1.54) is 12.0 Å². The van der Waals surface area contributed by atoms with Crippen LogP contribution in [0.5, 0.6) is 0 Å². The Morgan fingerprint density at radius 2 is 1.87 bits per heavy atom. The Hall–Kier alpha value is -0.820. The van der Waals surface area contributed by atoms with Crippen LogP contribution in [0.25, 0.3) is 0 Å². The van der Waals surface area contributed by atoms with Gasteiger partial charge in [-0.2, -0.15) is 0 Å². The van der Waals surface area contributed by atoms with E-state index in [0.717, 1.165) is 31.5 Å². The second-order valence-corrected chi connectivity index (χ2v) is 6.06. The number of nitrogens with zero attached hydrogens (tertiary/aromatic N) is 2. The summed E-state index contributed by atoms with van der Waals surface area (Å²) in [4.78, 5) is 6.84. The number of guanidine groups is 1. The van der Waals surface area contributed by atoms with Crippen LogP contribution in [0.2, 0.25) is 0 Å². The van der Waals surface area contributed by atoms with Crippen molar-refractivity contribution >= 4 is 29.9 Å². The minimum atomic E-state index is 0. The molecule has 2 N–H and O–H groups in total. The van der Waals surface area contributed by atoms with E-state index in [-0.39, 0.29) is 24.0 Å². The lowest BCUT2D eigenvalue weighted by Gasteiger charge is -2.30. The van der Waals surface area contributed by atoms with E-state index >= 15 is 0 Å². The molecular weight excluding hydrogens is 399 g/mol. The molecule has 2 rings (SSSR count). The number of likely N-dealkylation sites (N-methyl/N-ethyl adjacent to an activating group) is 1. The Morgan fingerprint density at radius 3 is 2.35 bits per heavy atom. The molecule has 0 bridgehead atoms. The van der Waals surface area contributed by atoms with Gasteiger partial charge in [-0.15, -0.1) is 24.0 Å². The third-order valence-corrected chi connectivity index (χ3v) is 4.56. The molecule has 23 heavy (non-hydrogen) atoms. The molecule has 4 nitrogen and oxygen atoms in total. The van der Waals surface area contributed by atoms with E-state index in [9.17, 15) is 0 Å². The third kappa shape index (κ3) is 5.95. The minimum Gasteiger partial charge on any atom is -0.354 e. The molecule has 0 spiro atoms. The third-order valence-electron chi connectivity index (χ3n) is 4.56. The molecule has 1 aliphatic carbocycles. The lowest BCUT2D eigenvalue weighted by molar-refractivity contribution is 0.219. The van der Waals surface area contributed by atoms with Gasteiger partial charge < -0.3 is 10.6 Å². The van der Waals surface area contributed by atoms with Crippen molar-refractivity contribution in [2.45, 2.75) is 39.3 Å². The van der Waals surface area contributed by atoms with Gasteiger partial charge in [-0.05, 0) is 31.0 Å². The first-order valence-electron chi connectivity index (χ1n) is 8.45. The van der Waals surface area contributed by atoms with Gasteiger partial charge in [0.25, 0.3) is 0 Å². The zero-order valence-corrected chi connectivity index (χ0v) is 17.1. The first-order chi connectivity index (χ1) is 10.7. The highest BCUT2D eigenvalue weighted by atomic mass is 127. The largest absolute Gasteiger partial charge is 0.354 e. The highest BCUT2D eigenvalue weighted by Gasteiger charge is 2.33. The first kappa shape index (κ1) is 20.2. The van der Waals surface area contributed by atoms with Gasteiger partial charge in [0, 0.05) is 19.6 Å². The summed E-state index contributed by atoms with van der Waals surface area (Å²) in [6.07, 6.45) is 1.25. The number of halogens is 1. The summed E-state index contributed by atoms with van der Waals surface area (Å²) in [5, 5.41) is 7.00. The highest BCUT2D eigenvalue weighted by Crippen LogP contribution is 2.28. The van der Waals surface area contributed by atoms with Gasteiger partial charge in [0.1, 0.15) is 0 Å². The van der Waals surface area contributed by atoms with Crippen LogP contribution in [0.1, 0.15) is 38.8 Å². The minimum absolute atomic E-state index is 0. The summed E-state index contributed by atoms with van der Waals surface area (Å²) in [7, 11) is 1.84. The van der Waals surface area contributed by atoms with Crippen molar-refractivity contribution in [3.8, 4) is 0 Å². The van der Waals surface area contributed by atoms with Gasteiger partial charge in [-0.3, -0.25) is 9.89 Å². The summed E-state index contributed by atoms with van der Waals surface area (Å²) >= 11 is 0. The Balaban J connectivity index is 0.00000264. The number of aliphatic imine (C=N–C) groups is 1. The second-order valence-electron chi connectivity index (χ2n) is 6.06. The zero-order valence-electron chi connectivity index (χ0n) is 14.7. The number of hydrogen-bond donors (Lipinski definition) is 2. The zero-order chi connectivity index (χ0) is 15.9. The quantitative estimate of drug-likeness (QED) is 0.396. The molecule has 5 heteroatoms. The van der Waals surface area contributed by atoms with Gasteiger partial charge in [-0.1, -0.05) is 51.1 Å². The number of hydrogen-bond acceptors (Lipinski definition) is 2. The maximum atomic E-state index is 4.36. The van der Waals surface area contributed by atoms with Gasteiger partial charge in [0.2, 0.25) is 0 Å². The summed E-state index contributed by atoms with van der Waals surface area (Å²) in [6, 6.07) is 11.7. The molecule has 1 aromatic rings. The monoisotopic (exact) mass is 430 g/mol. The molecule has 1 aliphatic rings. The lowest BCUT2D eigenvalue weighted by Crippen LogP contribution is -2.44. The van der Waals surface area contributed by atoms with Crippen LogP contribution in [0.3, 0.4) is 0 Å². The van der Waals surface area contributed by atoms with Crippen LogP contribution < -0.4 is 10.6 Å². The van der Waals surface area contributed by atoms with Crippen LogP contribution in [0.4, 0.5) is 0 Å². The average Bonchev–Trinajstić information content (AvgIpc) is 3.25. The molecule has 0 aromatic heterocycles. The van der Waals surface area contributed by atoms with Crippen LogP contribution in [-0.4, -0.2) is 43.6 Å². The van der Waals surface area contributed by atoms with E-state index < -0.39 is 0 Å². The fourth-order valence-corrected chi connectivity index (χ4v) is 2.88. The van der Waals surface area contributed by atoms with Gasteiger partial charge in [0.05, 0.1) is 6.04 Å². The van der Waals surface area contributed by atoms with Gasteiger partial charge in [-0.25, -0.2) is 0 Å².